The third-order valence-corrected chi connectivity index (χ3v) is 3.55. The van der Waals surface area contributed by atoms with Gasteiger partial charge in [-0.2, -0.15) is 0 Å². The van der Waals surface area contributed by atoms with Gasteiger partial charge in [-0.1, -0.05) is 15.9 Å². The number of anilines is 1. The number of phenolic OH excluding ortho intramolecular Hbond substituents is 1. The fourth-order valence-electron chi connectivity index (χ4n) is 2.03. The Hall–Kier alpha value is -1.07. The minimum Gasteiger partial charge on any atom is -0.506 e. The number of rotatable bonds is 2. The van der Waals surface area contributed by atoms with E-state index in [-0.39, 0.29) is 5.75 Å². The maximum absolute atomic E-state index is 11.9. The lowest BCUT2D eigenvalue weighted by molar-refractivity contribution is -0.133. The van der Waals surface area contributed by atoms with E-state index in [0.717, 1.165) is 17.3 Å². The summed E-state index contributed by atoms with van der Waals surface area (Å²) in [5.41, 5.74) is -0.973. The van der Waals surface area contributed by atoms with Gasteiger partial charge in [0.2, 0.25) is 0 Å². The van der Waals surface area contributed by atoms with E-state index in [1.165, 1.54) is 6.07 Å². The number of aliphatic hydroxyl groups is 1. The molecule has 3 N–H and O–H groups in total. The van der Waals surface area contributed by atoms with Gasteiger partial charge >= 0.3 is 0 Å². The molecule has 5 heteroatoms. The summed E-state index contributed by atoms with van der Waals surface area (Å²) in [6, 6.07) is 4.76. The molecule has 1 aliphatic rings. The van der Waals surface area contributed by atoms with Crippen molar-refractivity contribution in [2.24, 2.45) is 0 Å². The Kier molecular flexibility index (Phi) is 3.40. The van der Waals surface area contributed by atoms with E-state index in [0.29, 0.717) is 18.5 Å². The Morgan fingerprint density at radius 2 is 2.00 bits per heavy atom. The molecule has 1 aliphatic carbocycles. The van der Waals surface area contributed by atoms with Gasteiger partial charge in [0.05, 0.1) is 5.69 Å². The first-order chi connectivity index (χ1) is 8.01. The van der Waals surface area contributed by atoms with Crippen LogP contribution in [-0.4, -0.2) is 21.7 Å². The molecule has 2 rings (SSSR count). The lowest BCUT2D eigenvalue weighted by atomic mass is 10.0. The second-order valence-electron chi connectivity index (χ2n) is 4.35. The molecule has 0 radical (unpaired) electrons. The normalized spacial score (nSPS) is 18.0. The Labute approximate surface area is 108 Å². The molecule has 0 saturated heterocycles. The maximum atomic E-state index is 11.9. The number of hydrogen-bond donors (Lipinski definition) is 3. The van der Waals surface area contributed by atoms with Crippen LogP contribution < -0.4 is 5.32 Å². The molecule has 1 amide bonds. The highest BCUT2D eigenvalue weighted by atomic mass is 79.9. The standard InChI is InChI=1S/C12H14BrNO3/c13-8-3-4-10(15)9(7-8)14-11(16)12(17)5-1-2-6-12/h3-4,7,15,17H,1-2,5-6H2,(H,14,16). The molecular weight excluding hydrogens is 286 g/mol. The average Bonchev–Trinajstić information content (AvgIpc) is 2.72. The molecular formula is C12H14BrNO3. The number of halogens is 1. The zero-order chi connectivity index (χ0) is 12.5. The summed E-state index contributed by atoms with van der Waals surface area (Å²) in [4.78, 5) is 11.9. The molecule has 0 unspecified atom stereocenters. The lowest BCUT2D eigenvalue weighted by Crippen LogP contribution is -2.40. The van der Waals surface area contributed by atoms with Gasteiger partial charge in [0.25, 0.3) is 5.91 Å². The smallest absolute Gasteiger partial charge is 0.256 e. The van der Waals surface area contributed by atoms with Gasteiger partial charge in [0.1, 0.15) is 11.4 Å². The predicted octanol–water partition coefficient (Wildman–Crippen LogP) is 2.40. The Bertz CT molecular complexity index is 441. The fraction of sp³-hybridized carbons (Fsp3) is 0.417. The van der Waals surface area contributed by atoms with Gasteiger partial charge in [-0.3, -0.25) is 4.79 Å². The Morgan fingerprint density at radius 1 is 1.35 bits per heavy atom. The topological polar surface area (TPSA) is 69.6 Å². The van der Waals surface area contributed by atoms with Crippen LogP contribution in [0.3, 0.4) is 0 Å². The van der Waals surface area contributed by atoms with Crippen LogP contribution in [0.5, 0.6) is 5.75 Å². The van der Waals surface area contributed by atoms with Crippen molar-refractivity contribution in [3.8, 4) is 5.75 Å². The minimum absolute atomic E-state index is 0.0110. The number of benzene rings is 1. The highest BCUT2D eigenvalue weighted by molar-refractivity contribution is 9.10. The lowest BCUT2D eigenvalue weighted by Gasteiger charge is -2.21. The number of phenols is 1. The molecule has 1 aromatic rings. The number of carbonyl (C=O) groups excluding carboxylic acids is 1. The number of carbonyl (C=O) groups is 1. The van der Waals surface area contributed by atoms with Crippen molar-refractivity contribution < 1.29 is 15.0 Å². The number of amides is 1. The van der Waals surface area contributed by atoms with E-state index in [2.05, 4.69) is 21.2 Å². The Morgan fingerprint density at radius 3 is 2.65 bits per heavy atom. The molecule has 0 aliphatic heterocycles. The third-order valence-electron chi connectivity index (χ3n) is 3.06. The van der Waals surface area contributed by atoms with Crippen LogP contribution in [-0.2, 0) is 4.79 Å². The van der Waals surface area contributed by atoms with E-state index in [4.69, 9.17) is 0 Å². The first kappa shape index (κ1) is 12.4. The number of hydrogen-bond acceptors (Lipinski definition) is 3. The van der Waals surface area contributed by atoms with Crippen LogP contribution in [0.4, 0.5) is 5.69 Å². The van der Waals surface area contributed by atoms with Crippen LogP contribution in [0.1, 0.15) is 25.7 Å². The zero-order valence-electron chi connectivity index (χ0n) is 9.24. The highest BCUT2D eigenvalue weighted by Gasteiger charge is 2.39. The van der Waals surface area contributed by atoms with E-state index in [9.17, 15) is 15.0 Å². The molecule has 4 nitrogen and oxygen atoms in total. The zero-order valence-corrected chi connectivity index (χ0v) is 10.8. The summed E-state index contributed by atoms with van der Waals surface area (Å²) in [7, 11) is 0. The van der Waals surface area contributed by atoms with Crippen LogP contribution in [0.25, 0.3) is 0 Å². The predicted molar refractivity (Wildman–Crippen MR) is 67.9 cm³/mol. The van der Waals surface area contributed by atoms with Crippen LogP contribution in [0.15, 0.2) is 22.7 Å². The third kappa shape index (κ3) is 2.61. The maximum Gasteiger partial charge on any atom is 0.256 e. The number of aromatic hydroxyl groups is 1. The molecule has 0 spiro atoms. The van der Waals surface area contributed by atoms with Crippen molar-refractivity contribution in [2.45, 2.75) is 31.3 Å². The molecule has 1 saturated carbocycles. The summed E-state index contributed by atoms with van der Waals surface area (Å²) in [6.45, 7) is 0. The fourth-order valence-corrected chi connectivity index (χ4v) is 2.40. The van der Waals surface area contributed by atoms with Crippen molar-refractivity contribution in [2.75, 3.05) is 5.32 Å². The van der Waals surface area contributed by atoms with E-state index in [1.807, 2.05) is 0 Å². The van der Waals surface area contributed by atoms with E-state index in [1.54, 1.807) is 12.1 Å². The molecule has 0 atom stereocenters. The van der Waals surface area contributed by atoms with Gasteiger partial charge in [-0.25, -0.2) is 0 Å². The van der Waals surface area contributed by atoms with Crippen LogP contribution >= 0.6 is 15.9 Å². The monoisotopic (exact) mass is 299 g/mol. The second kappa shape index (κ2) is 4.66. The van der Waals surface area contributed by atoms with Crippen LogP contribution in [0.2, 0.25) is 0 Å². The molecule has 1 aromatic carbocycles. The molecule has 17 heavy (non-hydrogen) atoms. The Balaban J connectivity index is 2.15. The SMILES string of the molecule is O=C(Nc1cc(Br)ccc1O)C1(O)CCCC1. The molecule has 1 fully saturated rings. The molecule has 0 bridgehead atoms. The summed E-state index contributed by atoms with van der Waals surface area (Å²) in [5, 5.41) is 22.2. The van der Waals surface area contributed by atoms with Crippen molar-refractivity contribution in [1.82, 2.24) is 0 Å². The van der Waals surface area contributed by atoms with Gasteiger partial charge < -0.3 is 15.5 Å². The first-order valence-corrected chi connectivity index (χ1v) is 6.33. The van der Waals surface area contributed by atoms with E-state index < -0.39 is 11.5 Å². The van der Waals surface area contributed by atoms with Gasteiger partial charge in [-0.15, -0.1) is 0 Å². The highest BCUT2D eigenvalue weighted by Crippen LogP contribution is 2.33. The summed E-state index contributed by atoms with van der Waals surface area (Å²) < 4.78 is 0.754. The summed E-state index contributed by atoms with van der Waals surface area (Å²) in [6.07, 6.45) is 2.67. The van der Waals surface area contributed by atoms with Gasteiger partial charge in [0.15, 0.2) is 0 Å². The van der Waals surface area contributed by atoms with Crippen molar-refractivity contribution in [3.63, 3.8) is 0 Å². The summed E-state index contributed by atoms with van der Waals surface area (Å²) >= 11 is 3.26. The number of nitrogens with one attached hydrogen (secondary N) is 1. The van der Waals surface area contributed by atoms with Crippen molar-refractivity contribution in [3.05, 3.63) is 22.7 Å². The van der Waals surface area contributed by atoms with Crippen molar-refractivity contribution in [1.29, 1.82) is 0 Å². The average molecular weight is 300 g/mol. The molecule has 92 valence electrons. The quantitative estimate of drug-likeness (QED) is 0.735. The molecule has 0 heterocycles. The van der Waals surface area contributed by atoms with Crippen LogP contribution in [0, 0.1) is 0 Å². The minimum atomic E-state index is -1.28. The molecule has 0 aromatic heterocycles. The summed E-state index contributed by atoms with van der Waals surface area (Å²) in [5.74, 6) is -0.452. The van der Waals surface area contributed by atoms with Gasteiger partial charge in [0, 0.05) is 4.47 Å². The largest absolute Gasteiger partial charge is 0.506 e. The van der Waals surface area contributed by atoms with E-state index >= 15 is 0 Å². The first-order valence-electron chi connectivity index (χ1n) is 5.54. The van der Waals surface area contributed by atoms with Crippen molar-refractivity contribution >= 4 is 27.5 Å². The second-order valence-corrected chi connectivity index (χ2v) is 5.27. The van der Waals surface area contributed by atoms with Gasteiger partial charge in [-0.05, 0) is 43.9 Å².